The van der Waals surface area contributed by atoms with Crippen LogP contribution in [0.25, 0.3) is 0 Å². The monoisotopic (exact) mass is 508 g/mol. The number of aliphatic hydroxyl groups excluding tert-OH is 1. The van der Waals surface area contributed by atoms with Gasteiger partial charge in [0, 0.05) is 19.1 Å². The Kier molecular flexibility index (Phi) is 8.08. The third-order valence-corrected chi connectivity index (χ3v) is 7.31. The normalized spacial score (nSPS) is 19.3. The summed E-state index contributed by atoms with van der Waals surface area (Å²) < 4.78 is 43.9. The molecule has 2 aromatic carbocycles. The van der Waals surface area contributed by atoms with Gasteiger partial charge in [-0.1, -0.05) is 34.8 Å². The maximum atomic E-state index is 13.5. The SMILES string of the molecule is O=C(O)NC(Cc1ccccc1)C(O)CN(OC1CCCCO1)S(=O)(=O)c1ccc2c(c1)OCO2. The second-order valence-corrected chi connectivity index (χ2v) is 10.0. The largest absolute Gasteiger partial charge is 0.465 e. The molecule has 0 aromatic heterocycles. The standard InChI is InChI=1S/C23H28N2O9S/c26-19(18(24-23(27)28)12-16-6-2-1-3-7-16)14-25(34-22-8-4-5-11-31-22)35(29,30)17-9-10-20-21(13-17)33-15-32-20/h1-3,6-7,9-10,13,18-19,22,24,26H,4-5,8,11-12,14-15H2,(H,27,28). The highest BCUT2D eigenvalue weighted by atomic mass is 32.2. The van der Waals surface area contributed by atoms with Crippen LogP contribution < -0.4 is 14.8 Å². The van der Waals surface area contributed by atoms with E-state index in [1.807, 2.05) is 6.07 Å². The lowest BCUT2D eigenvalue weighted by atomic mass is 10.0. The van der Waals surface area contributed by atoms with Crippen LogP contribution in [0.2, 0.25) is 0 Å². The molecule has 3 atom stereocenters. The minimum absolute atomic E-state index is 0.0182. The minimum atomic E-state index is -4.29. The van der Waals surface area contributed by atoms with Crippen molar-refractivity contribution in [3.63, 3.8) is 0 Å². The Bertz CT molecular complexity index is 1110. The van der Waals surface area contributed by atoms with E-state index in [9.17, 15) is 23.4 Å². The summed E-state index contributed by atoms with van der Waals surface area (Å²) in [6.07, 6.45) is -1.34. The molecule has 12 heteroatoms. The van der Waals surface area contributed by atoms with Crippen molar-refractivity contribution in [3.8, 4) is 11.5 Å². The third kappa shape index (κ3) is 6.41. The van der Waals surface area contributed by atoms with Gasteiger partial charge in [0.05, 0.1) is 23.6 Å². The van der Waals surface area contributed by atoms with E-state index in [2.05, 4.69) is 5.32 Å². The van der Waals surface area contributed by atoms with E-state index in [0.29, 0.717) is 23.2 Å². The molecule has 3 N–H and O–H groups in total. The van der Waals surface area contributed by atoms with Crippen LogP contribution in [0.5, 0.6) is 11.5 Å². The van der Waals surface area contributed by atoms with Gasteiger partial charge < -0.3 is 29.7 Å². The van der Waals surface area contributed by atoms with Gasteiger partial charge in [0.1, 0.15) is 0 Å². The fourth-order valence-electron chi connectivity index (χ4n) is 3.87. The molecule has 2 aliphatic rings. The van der Waals surface area contributed by atoms with Crippen molar-refractivity contribution in [1.29, 1.82) is 0 Å². The Morgan fingerprint density at radius 1 is 1.14 bits per heavy atom. The highest BCUT2D eigenvalue weighted by Crippen LogP contribution is 2.35. The van der Waals surface area contributed by atoms with E-state index in [1.54, 1.807) is 24.3 Å². The van der Waals surface area contributed by atoms with Crippen LogP contribution in [0, 0.1) is 0 Å². The number of rotatable bonds is 10. The first-order valence-corrected chi connectivity index (χ1v) is 12.7. The summed E-state index contributed by atoms with van der Waals surface area (Å²) in [5.74, 6) is 0.690. The number of sulfonamides is 1. The van der Waals surface area contributed by atoms with Crippen LogP contribution in [-0.4, -0.2) is 67.6 Å². The van der Waals surface area contributed by atoms with E-state index < -0.39 is 41.1 Å². The van der Waals surface area contributed by atoms with Crippen molar-refractivity contribution in [2.24, 2.45) is 0 Å². The zero-order valence-electron chi connectivity index (χ0n) is 18.9. The first-order chi connectivity index (χ1) is 16.8. The summed E-state index contributed by atoms with van der Waals surface area (Å²) in [6.45, 7) is -0.132. The Balaban J connectivity index is 1.58. The van der Waals surface area contributed by atoms with Gasteiger partial charge >= 0.3 is 6.09 Å². The smallest absolute Gasteiger partial charge is 0.404 e. The highest BCUT2D eigenvalue weighted by Gasteiger charge is 2.35. The number of hydrogen-bond donors (Lipinski definition) is 3. The fourth-order valence-corrected chi connectivity index (χ4v) is 5.16. The number of carboxylic acid groups (broad SMARTS) is 1. The molecule has 1 amide bonds. The van der Waals surface area contributed by atoms with E-state index in [4.69, 9.17) is 19.0 Å². The highest BCUT2D eigenvalue weighted by molar-refractivity contribution is 7.89. The topological polar surface area (TPSA) is 144 Å². The van der Waals surface area contributed by atoms with Crippen molar-refractivity contribution in [2.75, 3.05) is 19.9 Å². The molecule has 35 heavy (non-hydrogen) atoms. The van der Waals surface area contributed by atoms with Crippen LogP contribution in [0.4, 0.5) is 4.79 Å². The summed E-state index contributed by atoms with van der Waals surface area (Å²) in [7, 11) is -4.29. The van der Waals surface area contributed by atoms with Crippen molar-refractivity contribution in [1.82, 2.24) is 9.79 Å². The zero-order valence-corrected chi connectivity index (χ0v) is 19.7. The van der Waals surface area contributed by atoms with Gasteiger partial charge in [-0.05, 0) is 37.0 Å². The maximum absolute atomic E-state index is 13.5. The van der Waals surface area contributed by atoms with Crippen LogP contribution >= 0.6 is 0 Å². The Labute approximate surface area is 203 Å². The van der Waals surface area contributed by atoms with Crippen molar-refractivity contribution in [2.45, 2.75) is 49.0 Å². The lowest BCUT2D eigenvalue weighted by Gasteiger charge is -2.32. The lowest BCUT2D eigenvalue weighted by molar-refractivity contribution is -0.257. The second kappa shape index (κ2) is 11.2. The molecule has 3 unspecified atom stereocenters. The summed E-state index contributed by atoms with van der Waals surface area (Å²) >= 11 is 0. The van der Waals surface area contributed by atoms with Gasteiger partial charge in [-0.3, -0.25) is 4.84 Å². The first kappa shape index (κ1) is 25.2. The summed E-state index contributed by atoms with van der Waals surface area (Å²) in [5.41, 5.74) is 0.770. The zero-order chi connectivity index (χ0) is 24.8. The van der Waals surface area contributed by atoms with Gasteiger partial charge in [0.25, 0.3) is 10.0 Å². The summed E-state index contributed by atoms with van der Waals surface area (Å²) in [6, 6.07) is 12.1. The molecular formula is C23H28N2O9S. The average molecular weight is 509 g/mol. The molecule has 1 saturated heterocycles. The molecule has 0 bridgehead atoms. The van der Waals surface area contributed by atoms with Crippen LogP contribution in [0.3, 0.4) is 0 Å². The molecule has 0 radical (unpaired) electrons. The van der Waals surface area contributed by atoms with Gasteiger partial charge in [0.2, 0.25) is 6.79 Å². The molecule has 2 aliphatic heterocycles. The number of carbonyl (C=O) groups is 1. The number of ether oxygens (including phenoxy) is 3. The van der Waals surface area contributed by atoms with Crippen molar-refractivity contribution in [3.05, 3.63) is 54.1 Å². The summed E-state index contributed by atoms with van der Waals surface area (Å²) in [5, 5.41) is 22.6. The number of benzene rings is 2. The third-order valence-electron chi connectivity index (χ3n) is 5.69. The fraction of sp³-hybridized carbons (Fsp3) is 0.435. The first-order valence-electron chi connectivity index (χ1n) is 11.2. The Hall–Kier alpha value is -2.90. The number of nitrogens with zero attached hydrogens (tertiary/aromatic N) is 1. The van der Waals surface area contributed by atoms with Crippen LogP contribution in [0.15, 0.2) is 53.4 Å². The Morgan fingerprint density at radius 2 is 1.91 bits per heavy atom. The van der Waals surface area contributed by atoms with Gasteiger partial charge in [0.15, 0.2) is 17.8 Å². The van der Waals surface area contributed by atoms with E-state index >= 15 is 0 Å². The molecule has 1 fully saturated rings. The number of aliphatic hydroxyl groups is 1. The molecule has 2 aromatic rings. The predicted octanol–water partition coefficient (Wildman–Crippen LogP) is 2.10. The lowest BCUT2D eigenvalue weighted by Crippen LogP contribution is -2.51. The number of amides is 1. The summed E-state index contributed by atoms with van der Waals surface area (Å²) in [4.78, 5) is 17.0. The van der Waals surface area contributed by atoms with E-state index in [0.717, 1.165) is 18.4 Å². The quantitative estimate of drug-likeness (QED) is 0.411. The van der Waals surface area contributed by atoms with Crippen LogP contribution in [-0.2, 0) is 26.0 Å². The molecule has 11 nitrogen and oxygen atoms in total. The minimum Gasteiger partial charge on any atom is -0.465 e. The number of nitrogens with one attached hydrogen (secondary N) is 1. The molecular weight excluding hydrogens is 480 g/mol. The molecule has 4 rings (SSSR count). The second-order valence-electron chi connectivity index (χ2n) is 8.22. The predicted molar refractivity (Wildman–Crippen MR) is 122 cm³/mol. The maximum Gasteiger partial charge on any atom is 0.404 e. The number of hydrogen-bond acceptors (Lipinski definition) is 8. The Morgan fingerprint density at radius 3 is 2.63 bits per heavy atom. The molecule has 190 valence electrons. The molecule has 0 spiro atoms. The number of fused-ring (bicyclic) bond motifs is 1. The molecule has 0 saturated carbocycles. The van der Waals surface area contributed by atoms with Gasteiger partial charge in [-0.2, -0.15) is 0 Å². The van der Waals surface area contributed by atoms with E-state index in [1.165, 1.54) is 18.2 Å². The average Bonchev–Trinajstić information content (AvgIpc) is 3.32. The van der Waals surface area contributed by atoms with E-state index in [-0.39, 0.29) is 23.9 Å². The van der Waals surface area contributed by atoms with Crippen molar-refractivity contribution >= 4 is 16.1 Å². The number of hydroxylamine groups is 1. The molecule has 2 heterocycles. The van der Waals surface area contributed by atoms with Crippen LogP contribution in [0.1, 0.15) is 24.8 Å². The van der Waals surface area contributed by atoms with Gasteiger partial charge in [-0.25, -0.2) is 13.2 Å². The van der Waals surface area contributed by atoms with Gasteiger partial charge in [-0.15, -0.1) is 0 Å². The molecule has 0 aliphatic carbocycles. The van der Waals surface area contributed by atoms with Crippen molar-refractivity contribution < 1.29 is 42.5 Å².